The Hall–Kier alpha value is -1.59. The van der Waals surface area contributed by atoms with Crippen LogP contribution < -0.4 is 9.47 Å². The highest BCUT2D eigenvalue weighted by molar-refractivity contribution is 14.1. The van der Waals surface area contributed by atoms with Gasteiger partial charge in [0.05, 0.1) is 17.2 Å². The van der Waals surface area contributed by atoms with Crippen molar-refractivity contribution in [3.63, 3.8) is 0 Å². The lowest BCUT2D eigenvalue weighted by Gasteiger charge is -2.39. The molecule has 5 rings (SSSR count). The number of halogens is 4. The lowest BCUT2D eigenvalue weighted by molar-refractivity contribution is -0.270. The fourth-order valence-electron chi connectivity index (χ4n) is 3.92. The summed E-state index contributed by atoms with van der Waals surface area (Å²) in [6, 6.07) is 10.1. The van der Waals surface area contributed by atoms with Gasteiger partial charge in [-0.2, -0.15) is 0 Å². The second-order valence-corrected chi connectivity index (χ2v) is 11.2. The molecular formula is C24H16Cl2I2N2O7. The predicted molar refractivity (Wildman–Crippen MR) is 152 cm³/mol. The molecule has 4 aromatic rings. The molecule has 2 aromatic carbocycles. The first-order chi connectivity index (χ1) is 17.7. The van der Waals surface area contributed by atoms with Crippen LogP contribution in [0.15, 0.2) is 48.8 Å². The molecule has 192 valence electrons. The molecule has 1 unspecified atom stereocenters. The van der Waals surface area contributed by atoms with Crippen LogP contribution in [-0.2, 0) is 9.53 Å². The fourth-order valence-corrected chi connectivity index (χ4v) is 6.18. The van der Waals surface area contributed by atoms with Crippen LogP contribution in [0.5, 0.6) is 11.5 Å². The monoisotopic (exact) mass is 768 g/mol. The summed E-state index contributed by atoms with van der Waals surface area (Å²) in [5.41, 5.74) is 0.725. The van der Waals surface area contributed by atoms with Gasteiger partial charge in [-0.05, 0) is 81.6 Å². The Morgan fingerprint density at radius 1 is 0.865 bits per heavy atom. The zero-order valence-electron chi connectivity index (χ0n) is 18.4. The van der Waals surface area contributed by atoms with Gasteiger partial charge < -0.3 is 29.5 Å². The number of aliphatic hydroxyl groups is 3. The van der Waals surface area contributed by atoms with Gasteiger partial charge in [0.2, 0.25) is 6.29 Å². The molecule has 0 saturated carbocycles. The van der Waals surface area contributed by atoms with E-state index in [2.05, 4.69) is 9.97 Å². The van der Waals surface area contributed by atoms with Gasteiger partial charge in [0.1, 0.15) is 29.3 Å². The third-order valence-corrected chi connectivity index (χ3v) is 7.97. The van der Waals surface area contributed by atoms with Crippen LogP contribution in [0.3, 0.4) is 0 Å². The molecule has 1 aliphatic rings. The van der Waals surface area contributed by atoms with Crippen LogP contribution >= 0.6 is 68.4 Å². The van der Waals surface area contributed by atoms with E-state index in [0.29, 0.717) is 39.0 Å². The Kier molecular flexibility index (Phi) is 7.94. The summed E-state index contributed by atoms with van der Waals surface area (Å²) >= 11 is 16.6. The van der Waals surface area contributed by atoms with Crippen LogP contribution in [-0.4, -0.2) is 62.0 Å². The number of esters is 1. The van der Waals surface area contributed by atoms with Crippen LogP contribution in [0.4, 0.5) is 0 Å². The third kappa shape index (κ3) is 5.07. The lowest BCUT2D eigenvalue weighted by atomic mass is 9.99. The molecule has 1 fully saturated rings. The maximum atomic E-state index is 13.2. The Morgan fingerprint density at radius 2 is 1.41 bits per heavy atom. The van der Waals surface area contributed by atoms with Gasteiger partial charge in [0, 0.05) is 23.2 Å². The topological polar surface area (TPSA) is 131 Å². The number of hydrogen-bond donors (Lipinski definition) is 3. The molecule has 0 amide bonds. The molecule has 1 aliphatic heterocycles. The molecule has 2 aromatic heterocycles. The van der Waals surface area contributed by atoms with Gasteiger partial charge in [0.15, 0.2) is 17.6 Å². The molecule has 37 heavy (non-hydrogen) atoms. The first-order valence-corrected chi connectivity index (χ1v) is 13.6. The minimum atomic E-state index is -1.80. The van der Waals surface area contributed by atoms with Crippen molar-refractivity contribution in [2.75, 3.05) is 0 Å². The molecule has 9 nitrogen and oxygen atoms in total. The summed E-state index contributed by atoms with van der Waals surface area (Å²) in [4.78, 5) is 21.8. The number of carbonyl (C=O) groups is 1. The minimum absolute atomic E-state index is 0.113. The van der Waals surface area contributed by atoms with E-state index in [0.717, 1.165) is 0 Å². The van der Waals surface area contributed by atoms with Gasteiger partial charge in [-0.15, -0.1) is 0 Å². The van der Waals surface area contributed by atoms with Gasteiger partial charge >= 0.3 is 5.97 Å². The normalized spacial score (nSPS) is 23.8. The first-order valence-electron chi connectivity index (χ1n) is 10.7. The number of benzene rings is 2. The Morgan fingerprint density at radius 3 is 2.00 bits per heavy atom. The number of nitrogens with zero attached hydrogens (tertiary/aromatic N) is 2. The highest BCUT2D eigenvalue weighted by Crippen LogP contribution is 2.38. The SMILES string of the molecule is O=C(Oc1c(I)cc(Cl)c2cccnc12)[C@H]1OC(Oc2c(I)cc(Cl)c3cccnc23)[C@H](O)[C@@H](O)[C@@H]1O. The number of ether oxygens (including phenoxy) is 3. The molecule has 1 saturated heterocycles. The van der Waals surface area contributed by atoms with E-state index >= 15 is 0 Å². The molecule has 13 heteroatoms. The second-order valence-electron chi connectivity index (χ2n) is 8.07. The van der Waals surface area contributed by atoms with Gasteiger partial charge in [0.25, 0.3) is 0 Å². The Labute approximate surface area is 246 Å². The largest absolute Gasteiger partial charge is 0.459 e. The first kappa shape index (κ1) is 27.0. The van der Waals surface area contributed by atoms with E-state index in [-0.39, 0.29) is 11.5 Å². The zero-order chi connectivity index (χ0) is 26.4. The highest BCUT2D eigenvalue weighted by Gasteiger charge is 2.49. The Balaban J connectivity index is 1.46. The summed E-state index contributed by atoms with van der Waals surface area (Å²) in [6.45, 7) is 0. The maximum absolute atomic E-state index is 13.2. The lowest BCUT2D eigenvalue weighted by Crippen LogP contribution is -2.61. The second kappa shape index (κ2) is 10.9. The average Bonchev–Trinajstić information content (AvgIpc) is 2.88. The summed E-state index contributed by atoms with van der Waals surface area (Å²) in [6.07, 6.45) is -5.45. The van der Waals surface area contributed by atoms with Crippen molar-refractivity contribution in [3.05, 3.63) is 66.0 Å². The molecule has 3 heterocycles. The molecule has 0 bridgehead atoms. The summed E-state index contributed by atoms with van der Waals surface area (Å²) in [7, 11) is 0. The number of aliphatic hydroxyl groups excluding tert-OH is 3. The predicted octanol–water partition coefficient (Wildman–Crippen LogP) is 4.09. The quantitative estimate of drug-likeness (QED) is 0.160. The van der Waals surface area contributed by atoms with E-state index in [1.165, 1.54) is 6.20 Å². The molecule has 3 N–H and O–H groups in total. The summed E-state index contributed by atoms with van der Waals surface area (Å²) < 4.78 is 18.2. The van der Waals surface area contributed by atoms with E-state index in [1.807, 2.05) is 45.2 Å². The molecule has 5 atom stereocenters. The van der Waals surface area contributed by atoms with Crippen molar-refractivity contribution in [2.24, 2.45) is 0 Å². The summed E-state index contributed by atoms with van der Waals surface area (Å²) in [5, 5.41) is 33.7. The number of hydrogen-bond acceptors (Lipinski definition) is 9. The van der Waals surface area contributed by atoms with Crippen molar-refractivity contribution >= 4 is 96.2 Å². The zero-order valence-corrected chi connectivity index (χ0v) is 24.2. The molecule has 0 aliphatic carbocycles. The standard InChI is InChI=1S/C24H16Cl2I2N2O7/c25-11-7-13(27)20(15-9(11)3-1-5-29-15)35-23(34)22-18(32)17(31)19(33)24(37-22)36-21-14(28)8-12(26)10-4-2-6-30-16(10)21/h1-8,17-19,22,24,31-33H/t17-,18-,19+,22-,24?/m0/s1. The van der Waals surface area contributed by atoms with Crippen molar-refractivity contribution < 1.29 is 34.3 Å². The van der Waals surface area contributed by atoms with Gasteiger partial charge in [-0.1, -0.05) is 23.2 Å². The van der Waals surface area contributed by atoms with Crippen LogP contribution in [0.25, 0.3) is 21.8 Å². The van der Waals surface area contributed by atoms with Crippen LogP contribution in [0.1, 0.15) is 0 Å². The van der Waals surface area contributed by atoms with E-state index in [4.69, 9.17) is 37.4 Å². The average molecular weight is 769 g/mol. The van der Waals surface area contributed by atoms with E-state index < -0.39 is 36.7 Å². The van der Waals surface area contributed by atoms with Gasteiger partial charge in [-0.25, -0.2) is 4.79 Å². The van der Waals surface area contributed by atoms with Crippen LogP contribution in [0.2, 0.25) is 10.0 Å². The van der Waals surface area contributed by atoms with Gasteiger partial charge in [-0.3, -0.25) is 9.97 Å². The van der Waals surface area contributed by atoms with E-state index in [9.17, 15) is 20.1 Å². The minimum Gasteiger partial charge on any atom is -0.459 e. The van der Waals surface area contributed by atoms with Crippen molar-refractivity contribution in [1.82, 2.24) is 9.97 Å². The smallest absolute Gasteiger partial charge is 0.343 e. The molecule has 0 spiro atoms. The fraction of sp³-hybridized carbons (Fsp3) is 0.208. The number of rotatable bonds is 4. The number of aromatic nitrogens is 2. The van der Waals surface area contributed by atoms with Crippen molar-refractivity contribution in [2.45, 2.75) is 30.7 Å². The van der Waals surface area contributed by atoms with Crippen molar-refractivity contribution in [3.8, 4) is 11.5 Å². The molecular weight excluding hydrogens is 753 g/mol. The maximum Gasteiger partial charge on any atom is 0.343 e. The third-order valence-electron chi connectivity index (χ3n) is 5.74. The molecule has 0 radical (unpaired) electrons. The summed E-state index contributed by atoms with van der Waals surface area (Å²) in [5.74, 6) is -0.683. The van der Waals surface area contributed by atoms with Crippen LogP contribution in [0, 0.1) is 7.14 Å². The Bertz CT molecular complexity index is 1530. The van der Waals surface area contributed by atoms with E-state index in [1.54, 1.807) is 42.6 Å². The number of carbonyl (C=O) groups excluding carboxylic acids is 1. The number of pyridine rings is 2. The number of fused-ring (bicyclic) bond motifs is 2. The highest BCUT2D eigenvalue weighted by atomic mass is 127. The van der Waals surface area contributed by atoms with Crippen molar-refractivity contribution in [1.29, 1.82) is 0 Å².